The summed E-state index contributed by atoms with van der Waals surface area (Å²) in [6, 6.07) is 26.5. The first-order valence-corrected chi connectivity index (χ1v) is 14.0. The maximum atomic E-state index is 13.8. The number of hydrogen-bond acceptors (Lipinski definition) is 6. The molecule has 1 N–H and O–H groups in total. The zero-order valence-electron chi connectivity index (χ0n) is 22.4. The number of benzene rings is 3. The van der Waals surface area contributed by atoms with Crippen molar-refractivity contribution in [2.75, 3.05) is 7.11 Å². The Bertz CT molecular complexity index is 1650. The van der Waals surface area contributed by atoms with E-state index in [1.54, 1.807) is 48.5 Å². The lowest BCUT2D eigenvalue weighted by Crippen LogP contribution is -2.20. The van der Waals surface area contributed by atoms with E-state index in [1.807, 2.05) is 36.4 Å². The highest BCUT2D eigenvalue weighted by Gasteiger charge is 2.43. The highest BCUT2D eigenvalue weighted by molar-refractivity contribution is 7.98. The first-order valence-electron chi connectivity index (χ1n) is 13.0. The minimum Gasteiger partial charge on any atom is -0.496 e. The Morgan fingerprint density at radius 2 is 1.83 bits per heavy atom. The van der Waals surface area contributed by atoms with Gasteiger partial charge in [0, 0.05) is 22.8 Å². The van der Waals surface area contributed by atoms with Crippen molar-refractivity contribution in [1.29, 1.82) is 5.26 Å². The summed E-state index contributed by atoms with van der Waals surface area (Å²) in [5, 5.41) is 14.0. The highest BCUT2D eigenvalue weighted by Crippen LogP contribution is 2.47. The number of nitrogens with zero attached hydrogens (tertiary/aromatic N) is 3. The van der Waals surface area contributed by atoms with E-state index < -0.39 is 11.9 Å². The number of alkyl halides is 3. The Kier molecular flexibility index (Phi) is 8.59. The molecule has 0 unspecified atom stereocenters. The Morgan fingerprint density at radius 1 is 1.12 bits per heavy atom. The molecule has 0 saturated heterocycles. The Hall–Kier alpha value is -4.62. The zero-order chi connectivity index (χ0) is 29.7. The maximum Gasteiger partial charge on any atom is 0.433 e. The zero-order valence-corrected chi connectivity index (χ0v) is 23.2. The van der Waals surface area contributed by atoms with Crippen LogP contribution in [0.3, 0.4) is 0 Å². The van der Waals surface area contributed by atoms with Crippen molar-refractivity contribution in [3.05, 3.63) is 113 Å². The van der Waals surface area contributed by atoms with Crippen molar-refractivity contribution >= 4 is 23.9 Å². The van der Waals surface area contributed by atoms with E-state index in [0.717, 1.165) is 29.8 Å². The van der Waals surface area contributed by atoms with E-state index in [9.17, 15) is 23.2 Å². The second-order valence-electron chi connectivity index (χ2n) is 9.66. The topological polar surface area (TPSA) is 87.4 Å². The molecule has 5 rings (SSSR count). The van der Waals surface area contributed by atoms with Crippen LogP contribution in [0.1, 0.15) is 40.3 Å². The standard InChI is InChI=1S/C32H25F3N4O2S/c1-41-28-13-12-20(18-37-39-30(40)26-15-24(26)21-8-4-2-5-9-21)14-23(28)19-42-31-27(17-36)25(22-10-6-3-7-11-22)16-29(38-31)32(33,34)35/h2-14,16,18,24,26H,15,19H2,1H3,(H,39,40)/t24-,26-/m1/s1. The Balaban J connectivity index is 1.33. The fourth-order valence-electron chi connectivity index (χ4n) is 4.67. The van der Waals surface area contributed by atoms with Crippen LogP contribution in [0.25, 0.3) is 11.1 Å². The summed E-state index contributed by atoms with van der Waals surface area (Å²) in [7, 11) is 1.49. The molecule has 0 radical (unpaired) electrons. The first-order chi connectivity index (χ1) is 20.3. The molecule has 1 fully saturated rings. The summed E-state index contributed by atoms with van der Waals surface area (Å²) < 4.78 is 46.7. The van der Waals surface area contributed by atoms with Crippen LogP contribution in [0, 0.1) is 17.2 Å². The first kappa shape index (κ1) is 28.9. The quantitative estimate of drug-likeness (QED) is 0.127. The van der Waals surface area contributed by atoms with Crippen LogP contribution < -0.4 is 10.2 Å². The summed E-state index contributed by atoms with van der Waals surface area (Å²) in [6.07, 6.45) is -2.41. The van der Waals surface area contributed by atoms with Crippen LogP contribution in [0.2, 0.25) is 0 Å². The summed E-state index contributed by atoms with van der Waals surface area (Å²) >= 11 is 1.01. The number of nitrogens with one attached hydrogen (secondary N) is 1. The fraction of sp³-hybridized carbons (Fsp3) is 0.188. The summed E-state index contributed by atoms with van der Waals surface area (Å²) in [5.74, 6) is 0.605. The largest absolute Gasteiger partial charge is 0.496 e. The smallest absolute Gasteiger partial charge is 0.433 e. The summed E-state index contributed by atoms with van der Waals surface area (Å²) in [4.78, 5) is 16.3. The van der Waals surface area contributed by atoms with Crippen LogP contribution in [0.5, 0.6) is 5.75 Å². The average molecular weight is 587 g/mol. The molecule has 0 aliphatic heterocycles. The molecule has 2 atom stereocenters. The molecule has 1 amide bonds. The van der Waals surface area contributed by atoms with E-state index in [4.69, 9.17) is 4.74 Å². The minimum absolute atomic E-state index is 0.0306. The van der Waals surface area contributed by atoms with Crippen LogP contribution in [0.4, 0.5) is 13.2 Å². The molecule has 1 heterocycles. The van der Waals surface area contributed by atoms with Gasteiger partial charge in [-0.1, -0.05) is 60.7 Å². The number of ether oxygens (including phenoxy) is 1. The number of thioether (sulfide) groups is 1. The molecule has 212 valence electrons. The number of hydrogen-bond donors (Lipinski definition) is 1. The molecule has 4 aromatic rings. The van der Waals surface area contributed by atoms with Gasteiger partial charge >= 0.3 is 6.18 Å². The number of amides is 1. The molecule has 3 aromatic carbocycles. The van der Waals surface area contributed by atoms with Crippen LogP contribution in [0.15, 0.2) is 95.1 Å². The number of nitriles is 1. The predicted octanol–water partition coefficient (Wildman–Crippen LogP) is 7.19. The van der Waals surface area contributed by atoms with E-state index in [1.165, 1.54) is 13.3 Å². The van der Waals surface area contributed by atoms with Gasteiger partial charge in [0.25, 0.3) is 0 Å². The molecule has 0 bridgehead atoms. The van der Waals surface area contributed by atoms with Gasteiger partial charge < -0.3 is 4.74 Å². The monoisotopic (exact) mass is 586 g/mol. The number of methoxy groups -OCH3 is 1. The Labute approximate surface area is 245 Å². The number of carbonyl (C=O) groups is 1. The minimum atomic E-state index is -4.69. The van der Waals surface area contributed by atoms with Gasteiger partial charge in [-0.25, -0.2) is 10.4 Å². The number of hydrazone groups is 1. The van der Waals surface area contributed by atoms with E-state index in [2.05, 4.69) is 15.5 Å². The van der Waals surface area contributed by atoms with Crippen molar-refractivity contribution < 1.29 is 22.7 Å². The molecule has 6 nitrogen and oxygen atoms in total. The number of pyridine rings is 1. The number of aromatic nitrogens is 1. The average Bonchev–Trinajstić information content (AvgIpc) is 3.81. The lowest BCUT2D eigenvalue weighted by molar-refractivity contribution is -0.141. The van der Waals surface area contributed by atoms with Crippen molar-refractivity contribution in [2.45, 2.75) is 29.3 Å². The van der Waals surface area contributed by atoms with Gasteiger partial charge in [-0.3, -0.25) is 4.79 Å². The third-order valence-corrected chi connectivity index (χ3v) is 7.91. The van der Waals surface area contributed by atoms with E-state index in [-0.39, 0.29) is 39.6 Å². The lowest BCUT2D eigenvalue weighted by Gasteiger charge is -2.15. The van der Waals surface area contributed by atoms with Gasteiger partial charge in [0.05, 0.1) is 18.9 Å². The Morgan fingerprint density at radius 3 is 2.50 bits per heavy atom. The van der Waals surface area contributed by atoms with Crippen LogP contribution in [-0.2, 0) is 16.7 Å². The van der Waals surface area contributed by atoms with Gasteiger partial charge in [0.2, 0.25) is 5.91 Å². The molecule has 42 heavy (non-hydrogen) atoms. The number of halogens is 3. The highest BCUT2D eigenvalue weighted by atomic mass is 32.2. The predicted molar refractivity (Wildman–Crippen MR) is 155 cm³/mol. The van der Waals surface area contributed by atoms with Gasteiger partial charge in [0.15, 0.2) is 0 Å². The molecule has 1 aliphatic rings. The van der Waals surface area contributed by atoms with Crippen LogP contribution in [-0.4, -0.2) is 24.2 Å². The van der Waals surface area contributed by atoms with Crippen LogP contribution >= 0.6 is 11.8 Å². The molecule has 1 aliphatic carbocycles. The van der Waals surface area contributed by atoms with Crippen molar-refractivity contribution in [3.63, 3.8) is 0 Å². The lowest BCUT2D eigenvalue weighted by atomic mass is 10.0. The maximum absolute atomic E-state index is 13.8. The van der Waals surface area contributed by atoms with Gasteiger partial charge in [-0.15, -0.1) is 11.8 Å². The van der Waals surface area contributed by atoms with Crippen molar-refractivity contribution in [1.82, 2.24) is 10.4 Å². The molecular weight excluding hydrogens is 561 g/mol. The summed E-state index contributed by atoms with van der Waals surface area (Å²) in [6.45, 7) is 0. The third kappa shape index (κ3) is 6.64. The molecule has 1 saturated carbocycles. The molecule has 0 spiro atoms. The van der Waals surface area contributed by atoms with E-state index >= 15 is 0 Å². The summed E-state index contributed by atoms with van der Waals surface area (Å²) in [5.41, 5.74) is 4.69. The number of carbonyl (C=O) groups excluding carboxylic acids is 1. The van der Waals surface area contributed by atoms with Crippen molar-refractivity contribution in [2.24, 2.45) is 11.0 Å². The fourth-order valence-corrected chi connectivity index (χ4v) is 5.65. The van der Waals surface area contributed by atoms with Gasteiger partial charge in [-0.2, -0.15) is 23.5 Å². The SMILES string of the molecule is COc1ccc(C=NNC(=O)[C@@H]2C[C@@H]2c2ccccc2)cc1CSc1nc(C(F)(F)F)cc(-c2ccccc2)c1C#N. The molecular formula is C32H25F3N4O2S. The third-order valence-electron chi connectivity index (χ3n) is 6.89. The normalized spacial score (nSPS) is 16.2. The molecule has 1 aromatic heterocycles. The van der Waals surface area contributed by atoms with Crippen molar-refractivity contribution in [3.8, 4) is 22.9 Å². The second kappa shape index (κ2) is 12.5. The second-order valence-corrected chi connectivity index (χ2v) is 10.6. The van der Waals surface area contributed by atoms with E-state index in [0.29, 0.717) is 22.4 Å². The van der Waals surface area contributed by atoms with Gasteiger partial charge in [0.1, 0.15) is 22.5 Å². The van der Waals surface area contributed by atoms with Gasteiger partial charge in [-0.05, 0) is 53.3 Å². The molecule has 10 heteroatoms. The number of rotatable bonds is 9.